The van der Waals surface area contributed by atoms with Gasteiger partial charge in [-0.2, -0.15) is 5.10 Å². The highest BCUT2D eigenvalue weighted by Crippen LogP contribution is 2.39. The summed E-state index contributed by atoms with van der Waals surface area (Å²) in [7, 11) is 1.77. The first kappa shape index (κ1) is 26.5. The number of aromatic nitrogens is 4. The number of nitrogens with two attached hydrogens (primary N) is 1. The van der Waals surface area contributed by atoms with Crippen LogP contribution in [0.15, 0.2) is 47.3 Å². The summed E-state index contributed by atoms with van der Waals surface area (Å²) in [5.41, 5.74) is 10.9. The average molecular weight is 529 g/mol. The molecule has 0 aliphatic heterocycles. The molecule has 1 aliphatic rings. The third-order valence-electron chi connectivity index (χ3n) is 7.60. The number of nitrogens with one attached hydrogen (secondary N) is 2. The Morgan fingerprint density at radius 1 is 1.15 bits per heavy atom. The molecule has 1 amide bonds. The second-order valence-corrected chi connectivity index (χ2v) is 10.2. The normalized spacial score (nSPS) is 17.3. The molecule has 4 N–H and O–H groups in total. The second-order valence-electron chi connectivity index (χ2n) is 10.2. The van der Waals surface area contributed by atoms with E-state index in [4.69, 9.17) is 15.5 Å². The first-order chi connectivity index (χ1) is 18.9. The number of nitrogens with zero attached hydrogens (tertiary/aromatic N) is 3. The topological polar surface area (TPSA) is 128 Å². The predicted octanol–water partition coefficient (Wildman–Crippen LogP) is 5.17. The summed E-state index contributed by atoms with van der Waals surface area (Å²) in [5.74, 6) is 1.43. The third-order valence-corrected chi connectivity index (χ3v) is 7.60. The van der Waals surface area contributed by atoms with Crippen molar-refractivity contribution in [2.75, 3.05) is 17.7 Å². The fourth-order valence-corrected chi connectivity index (χ4v) is 5.58. The zero-order valence-electron chi connectivity index (χ0n) is 22.8. The SMILES string of the molecule is CCCc1nn(C)c2c(=O)[nH]c(-c3cc([C@H]4CC[C@H](C(=O)Nc5ccccc5N)CC4)ccc3OCC)nc12. The number of carbonyl (C=O) groups is 1. The van der Waals surface area contributed by atoms with Gasteiger partial charge in [-0.05, 0) is 74.8 Å². The molecule has 2 heterocycles. The number of aromatic amines is 1. The van der Waals surface area contributed by atoms with Gasteiger partial charge in [0.1, 0.15) is 17.1 Å². The van der Waals surface area contributed by atoms with Crippen LogP contribution in [0.1, 0.15) is 63.1 Å². The zero-order chi connectivity index (χ0) is 27.5. The standard InChI is InChI=1S/C30H36N6O3/c1-4-8-24-26-27(36(3)35-24)30(38)34-28(33-26)21-17-20(15-16-25(21)39-5-2)18-11-13-19(14-12-18)29(37)32-23-10-7-6-9-22(23)31/h6-7,9-10,15-19H,4-5,8,11-14,31H2,1-3H3,(H,32,37)(H,33,34,38)/t18-,19-. The number of fused-ring (bicyclic) bond motifs is 1. The van der Waals surface area contributed by atoms with Crippen molar-refractivity contribution in [2.24, 2.45) is 13.0 Å². The van der Waals surface area contributed by atoms with Crippen molar-refractivity contribution in [3.8, 4) is 17.1 Å². The second kappa shape index (κ2) is 11.3. The quantitative estimate of drug-likeness (QED) is 0.271. The molecule has 9 nitrogen and oxygen atoms in total. The van der Waals surface area contributed by atoms with E-state index in [9.17, 15) is 9.59 Å². The summed E-state index contributed by atoms with van der Waals surface area (Å²) in [6.07, 6.45) is 5.03. The van der Waals surface area contributed by atoms with E-state index in [0.29, 0.717) is 46.5 Å². The minimum atomic E-state index is -0.217. The number of aryl methyl sites for hydroxylation is 2. The maximum Gasteiger partial charge on any atom is 0.277 e. The predicted molar refractivity (Wildman–Crippen MR) is 154 cm³/mol. The Morgan fingerprint density at radius 2 is 1.92 bits per heavy atom. The van der Waals surface area contributed by atoms with E-state index in [1.807, 2.05) is 31.2 Å². The smallest absolute Gasteiger partial charge is 0.277 e. The Labute approximate surface area is 227 Å². The number of para-hydroxylation sites is 2. The molecule has 2 aromatic carbocycles. The molecular weight excluding hydrogens is 492 g/mol. The number of rotatable bonds is 8. The summed E-state index contributed by atoms with van der Waals surface area (Å²) < 4.78 is 7.55. The van der Waals surface area contributed by atoms with E-state index < -0.39 is 0 Å². The summed E-state index contributed by atoms with van der Waals surface area (Å²) in [6, 6.07) is 13.5. The highest BCUT2D eigenvalue weighted by atomic mass is 16.5. The van der Waals surface area contributed by atoms with Crippen molar-refractivity contribution in [1.82, 2.24) is 19.7 Å². The lowest BCUT2D eigenvalue weighted by atomic mass is 9.78. The van der Waals surface area contributed by atoms with Gasteiger partial charge in [-0.25, -0.2) is 4.98 Å². The van der Waals surface area contributed by atoms with Gasteiger partial charge in [0.25, 0.3) is 5.56 Å². The van der Waals surface area contributed by atoms with Crippen LogP contribution in [0.2, 0.25) is 0 Å². The number of benzene rings is 2. The lowest BCUT2D eigenvalue weighted by Crippen LogP contribution is -2.27. The first-order valence-electron chi connectivity index (χ1n) is 13.8. The molecule has 204 valence electrons. The lowest BCUT2D eigenvalue weighted by Gasteiger charge is -2.28. The number of ether oxygens (including phenoxy) is 1. The first-order valence-corrected chi connectivity index (χ1v) is 13.8. The summed E-state index contributed by atoms with van der Waals surface area (Å²) in [5, 5.41) is 7.53. The van der Waals surface area contributed by atoms with Gasteiger partial charge in [0.2, 0.25) is 5.91 Å². The molecule has 5 rings (SSSR count). The number of hydrogen-bond donors (Lipinski definition) is 3. The van der Waals surface area contributed by atoms with E-state index in [-0.39, 0.29) is 17.4 Å². The van der Waals surface area contributed by atoms with Gasteiger partial charge in [0, 0.05) is 13.0 Å². The minimum Gasteiger partial charge on any atom is -0.493 e. The van der Waals surface area contributed by atoms with Crippen molar-refractivity contribution in [3.05, 3.63) is 64.1 Å². The van der Waals surface area contributed by atoms with Gasteiger partial charge in [0.05, 0.1) is 29.2 Å². The molecule has 1 aliphatic carbocycles. The summed E-state index contributed by atoms with van der Waals surface area (Å²) in [4.78, 5) is 33.8. The Balaban J connectivity index is 1.40. The fraction of sp³-hybridized carbons (Fsp3) is 0.400. The summed E-state index contributed by atoms with van der Waals surface area (Å²) in [6.45, 7) is 4.52. The molecule has 9 heteroatoms. The molecule has 0 atom stereocenters. The van der Waals surface area contributed by atoms with E-state index in [1.54, 1.807) is 17.8 Å². The van der Waals surface area contributed by atoms with Gasteiger partial charge in [-0.15, -0.1) is 0 Å². The van der Waals surface area contributed by atoms with Crippen LogP contribution in [0.25, 0.3) is 22.4 Å². The largest absolute Gasteiger partial charge is 0.493 e. The van der Waals surface area contributed by atoms with Crippen molar-refractivity contribution in [3.63, 3.8) is 0 Å². The van der Waals surface area contributed by atoms with E-state index in [2.05, 4.69) is 34.5 Å². The molecule has 0 spiro atoms. The number of anilines is 2. The minimum absolute atomic E-state index is 0.0214. The van der Waals surface area contributed by atoms with E-state index >= 15 is 0 Å². The highest BCUT2D eigenvalue weighted by Gasteiger charge is 2.28. The number of amides is 1. The van der Waals surface area contributed by atoms with Gasteiger partial charge in [-0.3, -0.25) is 14.3 Å². The van der Waals surface area contributed by atoms with Crippen LogP contribution in [0, 0.1) is 5.92 Å². The molecule has 1 saturated carbocycles. The molecule has 2 aromatic heterocycles. The number of hydrogen-bond acceptors (Lipinski definition) is 6. The molecular formula is C30H36N6O3. The Kier molecular flexibility index (Phi) is 7.67. The Bertz CT molecular complexity index is 1550. The third kappa shape index (κ3) is 5.39. The Morgan fingerprint density at radius 3 is 2.64 bits per heavy atom. The molecule has 39 heavy (non-hydrogen) atoms. The maximum atomic E-state index is 13.1. The van der Waals surface area contributed by atoms with E-state index in [1.165, 1.54) is 0 Å². The van der Waals surface area contributed by atoms with Crippen molar-refractivity contribution in [1.29, 1.82) is 0 Å². The van der Waals surface area contributed by atoms with Crippen LogP contribution in [-0.2, 0) is 18.3 Å². The molecule has 4 aromatic rings. The lowest BCUT2D eigenvalue weighted by molar-refractivity contribution is -0.120. The van der Waals surface area contributed by atoms with Crippen molar-refractivity contribution in [2.45, 2.75) is 58.3 Å². The van der Waals surface area contributed by atoms with Crippen molar-refractivity contribution >= 4 is 28.3 Å². The Hall–Kier alpha value is -4.14. The van der Waals surface area contributed by atoms with Crippen LogP contribution in [0.3, 0.4) is 0 Å². The van der Waals surface area contributed by atoms with Crippen LogP contribution in [0.5, 0.6) is 5.75 Å². The molecule has 1 fully saturated rings. The average Bonchev–Trinajstić information content (AvgIpc) is 3.26. The van der Waals surface area contributed by atoms with E-state index in [0.717, 1.165) is 55.3 Å². The summed E-state index contributed by atoms with van der Waals surface area (Å²) >= 11 is 0. The number of H-pyrrole nitrogens is 1. The molecule has 0 saturated heterocycles. The van der Waals surface area contributed by atoms with Crippen LogP contribution in [0.4, 0.5) is 11.4 Å². The highest BCUT2D eigenvalue weighted by molar-refractivity contribution is 5.95. The van der Waals surface area contributed by atoms with Gasteiger partial charge in [0.15, 0.2) is 5.52 Å². The molecule has 0 unspecified atom stereocenters. The van der Waals surface area contributed by atoms with Gasteiger partial charge < -0.3 is 20.8 Å². The van der Waals surface area contributed by atoms with Crippen LogP contribution >= 0.6 is 0 Å². The molecule has 0 radical (unpaired) electrons. The zero-order valence-corrected chi connectivity index (χ0v) is 22.8. The van der Waals surface area contributed by atoms with Gasteiger partial charge >= 0.3 is 0 Å². The van der Waals surface area contributed by atoms with Crippen molar-refractivity contribution < 1.29 is 9.53 Å². The van der Waals surface area contributed by atoms with Gasteiger partial charge in [-0.1, -0.05) is 31.5 Å². The number of nitrogen functional groups attached to an aromatic ring is 1. The van der Waals surface area contributed by atoms with Crippen LogP contribution < -0.4 is 21.3 Å². The molecule has 0 bridgehead atoms. The number of carbonyl (C=O) groups excluding carboxylic acids is 1. The maximum absolute atomic E-state index is 13.1. The fourth-order valence-electron chi connectivity index (χ4n) is 5.58. The van der Waals surface area contributed by atoms with Crippen LogP contribution in [-0.4, -0.2) is 32.3 Å². The monoisotopic (exact) mass is 528 g/mol.